The van der Waals surface area contributed by atoms with Crippen LogP contribution in [-0.2, 0) is 20.8 Å². The van der Waals surface area contributed by atoms with Crippen molar-refractivity contribution in [2.75, 3.05) is 18.5 Å². The van der Waals surface area contributed by atoms with Crippen LogP contribution in [0, 0.1) is 17.6 Å². The highest BCUT2D eigenvalue weighted by molar-refractivity contribution is 6.33. The molecule has 0 radical (unpaired) electrons. The Bertz CT molecular complexity index is 1440. The average Bonchev–Trinajstić information content (AvgIpc) is 3.60. The molecule has 1 aromatic carbocycles. The molecule has 1 unspecified atom stereocenters. The van der Waals surface area contributed by atoms with E-state index in [4.69, 9.17) is 30.9 Å². The Morgan fingerprint density at radius 2 is 1.95 bits per heavy atom. The summed E-state index contributed by atoms with van der Waals surface area (Å²) >= 11 is 6.36. The van der Waals surface area contributed by atoms with E-state index in [0.717, 1.165) is 5.57 Å². The zero-order valence-electron chi connectivity index (χ0n) is 20.5. The van der Waals surface area contributed by atoms with E-state index in [9.17, 15) is 18.7 Å². The number of carboxylic acid groups (broad SMARTS) is 1. The number of carboxylic acids is 1. The van der Waals surface area contributed by atoms with Gasteiger partial charge < -0.3 is 34.7 Å². The van der Waals surface area contributed by atoms with Gasteiger partial charge in [-0.05, 0) is 48.6 Å². The molecule has 1 aliphatic carbocycles. The number of hydrogen-bond donors (Lipinski definition) is 4. The van der Waals surface area contributed by atoms with Gasteiger partial charge in [0.25, 0.3) is 6.01 Å². The Balaban J connectivity index is 1.15. The minimum atomic E-state index is -0.867. The molecule has 3 aliphatic rings. The maximum atomic E-state index is 14.9. The molecule has 4 N–H and O–H groups in total. The maximum Gasteiger partial charge on any atom is 0.306 e. The van der Waals surface area contributed by atoms with Crippen molar-refractivity contribution < 1.29 is 38.0 Å². The number of halogens is 3. The first kappa shape index (κ1) is 25.9. The number of pyridine rings is 1. The van der Waals surface area contributed by atoms with Crippen molar-refractivity contribution >= 4 is 40.1 Å². The summed E-state index contributed by atoms with van der Waals surface area (Å²) in [6.07, 6.45) is 0.913. The van der Waals surface area contributed by atoms with Crippen molar-refractivity contribution in [2.24, 2.45) is 5.92 Å². The van der Waals surface area contributed by atoms with Gasteiger partial charge in [-0.25, -0.2) is 13.8 Å². The summed E-state index contributed by atoms with van der Waals surface area (Å²) in [7, 11) is 0. The molecule has 206 valence electrons. The van der Waals surface area contributed by atoms with Crippen LogP contribution in [0.1, 0.15) is 30.4 Å². The Kier molecular flexibility index (Phi) is 6.88. The number of aromatic amines is 1. The fraction of sp³-hybridized carbons (Fsp3) is 0.423. The number of carbonyl (C=O) groups is 1. The Hall–Kier alpha value is -3.32. The summed E-state index contributed by atoms with van der Waals surface area (Å²) in [5.74, 6) is -2.62. The van der Waals surface area contributed by atoms with Crippen molar-refractivity contribution in [3.8, 4) is 6.01 Å². The second-order valence-corrected chi connectivity index (χ2v) is 10.3. The highest BCUT2D eigenvalue weighted by Crippen LogP contribution is 2.33. The molecule has 0 bridgehead atoms. The summed E-state index contributed by atoms with van der Waals surface area (Å²) in [5, 5.41) is 22.1. The van der Waals surface area contributed by atoms with Crippen molar-refractivity contribution in [3.05, 3.63) is 52.1 Å². The van der Waals surface area contributed by atoms with Gasteiger partial charge in [-0.1, -0.05) is 17.7 Å². The molecule has 2 aromatic heterocycles. The number of aliphatic hydroxyl groups excluding tert-OH is 1. The third kappa shape index (κ3) is 5.05. The van der Waals surface area contributed by atoms with E-state index in [1.165, 1.54) is 12.1 Å². The standard InChI is InChI=1S/C26H25ClF2N4O6/c27-15-7-18-24(33-26(31-18)39-20-10-38-21-19(34)9-37-22(20)21)32-23(15)30-8-14-16(28)5-13(6-17(14)29)11-1-3-12(4-2-11)25(35)36/h1,5-7,12,19-22,34H,2-4,8-10H2,(H,35,36)(H2,30,31,32,33)/t12?,19-,20-,21-,22-/m1/s1. The molecule has 13 heteroatoms. The van der Waals surface area contributed by atoms with Crippen LogP contribution in [-0.4, -0.2) is 68.8 Å². The van der Waals surface area contributed by atoms with Crippen LogP contribution in [0.4, 0.5) is 14.6 Å². The van der Waals surface area contributed by atoms with Crippen molar-refractivity contribution in [1.29, 1.82) is 0 Å². The predicted octanol–water partition coefficient (Wildman–Crippen LogP) is 3.68. The molecular formula is C26H25ClF2N4O6. The number of aromatic nitrogens is 3. The smallest absolute Gasteiger partial charge is 0.306 e. The number of imidazole rings is 1. The number of nitrogens with zero attached hydrogens (tertiary/aromatic N) is 2. The molecule has 5 atom stereocenters. The Labute approximate surface area is 225 Å². The second-order valence-electron chi connectivity index (χ2n) is 9.86. The molecule has 0 spiro atoms. The van der Waals surface area contributed by atoms with Crippen LogP contribution in [0.5, 0.6) is 6.01 Å². The third-order valence-electron chi connectivity index (χ3n) is 7.35. The van der Waals surface area contributed by atoms with Gasteiger partial charge in [0.2, 0.25) is 0 Å². The van der Waals surface area contributed by atoms with Gasteiger partial charge in [0, 0.05) is 12.1 Å². The third-order valence-corrected chi connectivity index (χ3v) is 7.64. The fourth-order valence-electron chi connectivity index (χ4n) is 5.21. The number of ether oxygens (including phenoxy) is 3. The summed E-state index contributed by atoms with van der Waals surface area (Å²) < 4.78 is 46.8. The van der Waals surface area contributed by atoms with Gasteiger partial charge in [0.15, 0.2) is 11.8 Å². The van der Waals surface area contributed by atoms with Gasteiger partial charge in [0.1, 0.15) is 35.8 Å². The number of benzene rings is 1. The molecule has 2 aliphatic heterocycles. The topological polar surface area (TPSA) is 139 Å². The maximum absolute atomic E-state index is 14.9. The number of allylic oxidation sites excluding steroid dienone is 2. The predicted molar refractivity (Wildman–Crippen MR) is 135 cm³/mol. The minimum Gasteiger partial charge on any atom is -0.481 e. The molecule has 6 rings (SSSR count). The fourth-order valence-corrected chi connectivity index (χ4v) is 5.43. The van der Waals surface area contributed by atoms with Crippen LogP contribution in [0.25, 0.3) is 16.7 Å². The normalized spacial score (nSPS) is 26.5. The van der Waals surface area contributed by atoms with E-state index < -0.39 is 47.9 Å². The molecule has 10 nitrogen and oxygen atoms in total. The van der Waals surface area contributed by atoms with Gasteiger partial charge in [-0.2, -0.15) is 4.98 Å². The number of aliphatic hydroxyl groups is 1. The van der Waals surface area contributed by atoms with E-state index in [-0.39, 0.29) is 47.8 Å². The number of fused-ring (bicyclic) bond motifs is 2. The van der Waals surface area contributed by atoms with Crippen LogP contribution in [0.15, 0.2) is 24.3 Å². The number of rotatable bonds is 7. The molecule has 2 saturated heterocycles. The van der Waals surface area contributed by atoms with Gasteiger partial charge >= 0.3 is 5.97 Å². The number of hydrogen-bond acceptors (Lipinski definition) is 8. The average molecular weight is 563 g/mol. The summed E-state index contributed by atoms with van der Waals surface area (Å²) in [6, 6.07) is 4.26. The van der Waals surface area contributed by atoms with Gasteiger partial charge in [-0.15, -0.1) is 0 Å². The lowest BCUT2D eigenvalue weighted by Gasteiger charge is -2.19. The van der Waals surface area contributed by atoms with Gasteiger partial charge in [-0.3, -0.25) is 4.79 Å². The quantitative estimate of drug-likeness (QED) is 0.339. The van der Waals surface area contributed by atoms with Crippen LogP contribution in [0.3, 0.4) is 0 Å². The van der Waals surface area contributed by atoms with Crippen molar-refractivity contribution in [2.45, 2.75) is 50.2 Å². The highest BCUT2D eigenvalue weighted by Gasteiger charge is 2.48. The SMILES string of the molecule is O=C(O)C1CC=C(c2cc(F)c(CNc3nc4nc(O[C@@H]5CO[C@H]6[C@@H]5OC[C@H]6O)[nH]c4cc3Cl)c(F)c2)CC1. The van der Waals surface area contributed by atoms with E-state index >= 15 is 0 Å². The minimum absolute atomic E-state index is 0.171. The van der Waals surface area contributed by atoms with Crippen LogP contribution < -0.4 is 10.1 Å². The van der Waals surface area contributed by atoms with Crippen molar-refractivity contribution in [1.82, 2.24) is 15.0 Å². The molecule has 2 fully saturated rings. The molecule has 3 aromatic rings. The first-order valence-corrected chi connectivity index (χ1v) is 12.9. The Morgan fingerprint density at radius 1 is 1.18 bits per heavy atom. The number of nitrogens with one attached hydrogen (secondary N) is 2. The zero-order valence-corrected chi connectivity index (χ0v) is 21.3. The molecule has 0 saturated carbocycles. The van der Waals surface area contributed by atoms with Crippen LogP contribution in [0.2, 0.25) is 5.02 Å². The first-order valence-electron chi connectivity index (χ1n) is 12.5. The monoisotopic (exact) mass is 562 g/mol. The summed E-state index contributed by atoms with van der Waals surface area (Å²) in [6.45, 7) is 0.198. The largest absolute Gasteiger partial charge is 0.481 e. The van der Waals surface area contributed by atoms with E-state index in [2.05, 4.69) is 20.3 Å². The zero-order chi connectivity index (χ0) is 27.3. The van der Waals surface area contributed by atoms with E-state index in [0.29, 0.717) is 30.3 Å². The van der Waals surface area contributed by atoms with E-state index in [1.54, 1.807) is 12.1 Å². The molecule has 39 heavy (non-hydrogen) atoms. The second kappa shape index (κ2) is 10.3. The van der Waals surface area contributed by atoms with Crippen LogP contribution >= 0.6 is 11.6 Å². The summed E-state index contributed by atoms with van der Waals surface area (Å²) in [5.41, 5.74) is 1.72. The van der Waals surface area contributed by atoms with E-state index in [1.807, 2.05) is 0 Å². The molecule has 4 heterocycles. The molecule has 0 amide bonds. The molecular weight excluding hydrogens is 538 g/mol. The van der Waals surface area contributed by atoms with Crippen molar-refractivity contribution in [3.63, 3.8) is 0 Å². The lowest BCUT2D eigenvalue weighted by Crippen LogP contribution is -2.34. The number of anilines is 1. The lowest BCUT2D eigenvalue weighted by atomic mass is 9.86. The lowest BCUT2D eigenvalue weighted by molar-refractivity contribution is -0.141. The number of H-pyrrole nitrogens is 1. The Morgan fingerprint density at radius 3 is 2.67 bits per heavy atom. The number of aliphatic carboxylic acids is 1. The van der Waals surface area contributed by atoms with Gasteiger partial charge in [0.05, 0.1) is 29.7 Å². The highest BCUT2D eigenvalue weighted by atomic mass is 35.5. The summed E-state index contributed by atoms with van der Waals surface area (Å²) in [4.78, 5) is 22.8. The first-order chi connectivity index (χ1) is 18.8.